The molecule has 178 valence electrons. The molecular weight excluding hydrogens is 474 g/mol. The van der Waals surface area contributed by atoms with Gasteiger partial charge in [0, 0.05) is 44.8 Å². The highest BCUT2D eigenvalue weighted by Gasteiger charge is 2.23. The summed E-state index contributed by atoms with van der Waals surface area (Å²) >= 11 is 0. The van der Waals surface area contributed by atoms with Crippen LogP contribution in [0.4, 0.5) is 0 Å². The molecule has 0 bridgehead atoms. The second kappa shape index (κ2) is 7.11. The zero-order chi connectivity index (χ0) is 24.9. The first-order valence-electron chi connectivity index (χ1n) is 12.5. The van der Waals surface area contributed by atoms with Crippen molar-refractivity contribution in [3.63, 3.8) is 0 Å². The molecule has 4 nitrogen and oxygen atoms in total. The summed E-state index contributed by atoms with van der Waals surface area (Å²) in [6.45, 7) is 7.04. The number of rotatable bonds is 2. The van der Waals surface area contributed by atoms with Gasteiger partial charge in [-0.15, -0.1) is 0 Å². The number of fused-ring (bicyclic) bond motifs is 10. The Labute approximate surface area is 213 Å². The maximum absolute atomic E-state index is 6.63. The van der Waals surface area contributed by atoms with Gasteiger partial charge in [-0.2, -0.15) is 0 Å². The lowest BCUT2D eigenvalue weighted by atomic mass is 10.0. The Morgan fingerprint density at radius 2 is 1.32 bits per heavy atom. The van der Waals surface area contributed by atoms with Gasteiger partial charge in [-0.05, 0) is 29.5 Å². The van der Waals surface area contributed by atoms with Gasteiger partial charge in [0.05, 0.1) is 19.2 Å². The molecule has 0 aliphatic heterocycles. The number of furan rings is 3. The van der Waals surface area contributed by atoms with Crippen LogP contribution in [0.25, 0.3) is 77.1 Å². The van der Waals surface area contributed by atoms with E-state index < -0.39 is 8.07 Å². The predicted molar refractivity (Wildman–Crippen MR) is 154 cm³/mol. The van der Waals surface area contributed by atoms with Gasteiger partial charge in [-0.3, -0.25) is 4.98 Å². The standard InChI is InChI=1S/C32H23NO3Si/c1-37(2,3)28-13-7-10-19-23-17-33-24(16-27(23)35-31(19)28)21-11-6-9-18-20-14-15-26-29(32(20)36-30(18)21)22-8-4-5-12-25(22)34-26/h4-17H,1-3H3. The summed E-state index contributed by atoms with van der Waals surface area (Å²) < 4.78 is 19.2. The molecule has 0 aliphatic rings. The Bertz CT molecular complexity index is 2190. The minimum absolute atomic E-state index is 0.820. The average Bonchev–Trinajstić information content (AvgIpc) is 3.57. The van der Waals surface area contributed by atoms with E-state index in [2.05, 4.69) is 68.2 Å². The maximum Gasteiger partial charge on any atom is 0.147 e. The van der Waals surface area contributed by atoms with E-state index in [0.717, 1.165) is 77.1 Å². The van der Waals surface area contributed by atoms with Crippen molar-refractivity contribution in [3.8, 4) is 11.3 Å². The molecule has 0 fully saturated rings. The molecule has 0 unspecified atom stereocenters. The largest absolute Gasteiger partial charge is 0.456 e. The lowest BCUT2D eigenvalue weighted by Gasteiger charge is -2.16. The van der Waals surface area contributed by atoms with E-state index >= 15 is 0 Å². The summed E-state index contributed by atoms with van der Waals surface area (Å²) in [5.74, 6) is 0. The van der Waals surface area contributed by atoms with Crippen LogP contribution in [0.3, 0.4) is 0 Å². The van der Waals surface area contributed by atoms with Gasteiger partial charge in [0.1, 0.15) is 33.5 Å². The van der Waals surface area contributed by atoms with Gasteiger partial charge in [0.15, 0.2) is 0 Å². The maximum atomic E-state index is 6.63. The molecule has 4 heterocycles. The molecule has 37 heavy (non-hydrogen) atoms. The topological polar surface area (TPSA) is 52.3 Å². The van der Waals surface area contributed by atoms with Crippen LogP contribution in [0.1, 0.15) is 0 Å². The summed E-state index contributed by atoms with van der Waals surface area (Å²) in [5.41, 5.74) is 6.97. The van der Waals surface area contributed by atoms with E-state index in [-0.39, 0.29) is 0 Å². The van der Waals surface area contributed by atoms with Gasteiger partial charge >= 0.3 is 0 Å². The van der Waals surface area contributed by atoms with Crippen LogP contribution in [-0.4, -0.2) is 13.1 Å². The van der Waals surface area contributed by atoms with Crippen molar-refractivity contribution in [2.75, 3.05) is 0 Å². The number of para-hydroxylation sites is 3. The summed E-state index contributed by atoms with van der Waals surface area (Å²) in [6, 6.07) is 27.0. The molecule has 0 aliphatic carbocycles. The molecule has 8 aromatic rings. The minimum Gasteiger partial charge on any atom is -0.456 e. The summed E-state index contributed by atoms with van der Waals surface area (Å²) in [4.78, 5) is 4.89. The van der Waals surface area contributed by atoms with Crippen LogP contribution in [0, 0.1) is 0 Å². The molecule has 4 aromatic carbocycles. The monoisotopic (exact) mass is 497 g/mol. The first-order chi connectivity index (χ1) is 18.0. The molecule has 0 atom stereocenters. The van der Waals surface area contributed by atoms with Crippen LogP contribution in [0.15, 0.2) is 98.3 Å². The average molecular weight is 498 g/mol. The van der Waals surface area contributed by atoms with Crippen molar-refractivity contribution >= 4 is 79.1 Å². The zero-order valence-corrected chi connectivity index (χ0v) is 21.8. The molecule has 8 rings (SSSR count). The Hall–Kier alpha value is -4.35. The quantitative estimate of drug-likeness (QED) is 0.224. The highest BCUT2D eigenvalue weighted by atomic mass is 28.3. The van der Waals surface area contributed by atoms with Crippen LogP contribution < -0.4 is 5.19 Å². The summed E-state index contributed by atoms with van der Waals surface area (Å²) in [5, 5.41) is 7.71. The van der Waals surface area contributed by atoms with Crippen molar-refractivity contribution in [2.45, 2.75) is 19.6 Å². The van der Waals surface area contributed by atoms with Crippen LogP contribution in [0.2, 0.25) is 19.6 Å². The Balaban J connectivity index is 1.40. The number of hydrogen-bond acceptors (Lipinski definition) is 4. The van der Waals surface area contributed by atoms with Crippen molar-refractivity contribution < 1.29 is 13.3 Å². The molecule has 0 saturated carbocycles. The van der Waals surface area contributed by atoms with Gasteiger partial charge in [0.2, 0.25) is 0 Å². The lowest BCUT2D eigenvalue weighted by molar-refractivity contribution is 0.663. The van der Waals surface area contributed by atoms with Gasteiger partial charge < -0.3 is 13.3 Å². The smallest absolute Gasteiger partial charge is 0.147 e. The Kier molecular flexibility index (Phi) is 4.00. The first kappa shape index (κ1) is 20.8. The van der Waals surface area contributed by atoms with Gasteiger partial charge in [0.25, 0.3) is 0 Å². The fourth-order valence-corrected chi connectivity index (χ4v) is 7.16. The summed E-state index contributed by atoms with van der Waals surface area (Å²) in [6.07, 6.45) is 1.94. The SMILES string of the molecule is C[Si](C)(C)c1cccc2c1oc1cc(-c3cccc4c3oc3c4ccc4oc5ccccc5c43)ncc12. The van der Waals surface area contributed by atoms with Gasteiger partial charge in [-0.25, -0.2) is 0 Å². The fourth-order valence-electron chi connectivity index (χ4n) is 5.70. The first-order valence-corrected chi connectivity index (χ1v) is 16.0. The van der Waals surface area contributed by atoms with Crippen LogP contribution in [0.5, 0.6) is 0 Å². The molecule has 0 spiro atoms. The third kappa shape index (κ3) is 2.86. The number of hydrogen-bond donors (Lipinski definition) is 0. The van der Waals surface area contributed by atoms with E-state index in [1.165, 1.54) is 5.19 Å². The van der Waals surface area contributed by atoms with E-state index in [9.17, 15) is 0 Å². The lowest BCUT2D eigenvalue weighted by Crippen LogP contribution is -2.37. The number of nitrogens with zero attached hydrogens (tertiary/aromatic N) is 1. The fraction of sp³-hybridized carbons (Fsp3) is 0.0938. The van der Waals surface area contributed by atoms with Crippen molar-refractivity contribution in [3.05, 3.63) is 85.1 Å². The highest BCUT2D eigenvalue weighted by Crippen LogP contribution is 2.42. The van der Waals surface area contributed by atoms with Crippen molar-refractivity contribution in [1.82, 2.24) is 4.98 Å². The van der Waals surface area contributed by atoms with Crippen LogP contribution in [-0.2, 0) is 0 Å². The third-order valence-corrected chi connectivity index (χ3v) is 9.48. The molecule has 0 radical (unpaired) electrons. The van der Waals surface area contributed by atoms with Crippen LogP contribution >= 0.6 is 0 Å². The zero-order valence-electron chi connectivity index (χ0n) is 20.8. The molecule has 0 N–H and O–H groups in total. The molecule has 0 saturated heterocycles. The molecule has 5 heteroatoms. The predicted octanol–water partition coefficient (Wildman–Crippen LogP) is 8.99. The Morgan fingerprint density at radius 1 is 0.568 bits per heavy atom. The molecular formula is C32H23NO3Si. The Morgan fingerprint density at radius 3 is 2.19 bits per heavy atom. The normalized spacial score (nSPS) is 12.7. The second-order valence-electron chi connectivity index (χ2n) is 10.8. The summed E-state index contributed by atoms with van der Waals surface area (Å²) in [7, 11) is -1.57. The van der Waals surface area contributed by atoms with E-state index in [4.69, 9.17) is 18.2 Å². The highest BCUT2D eigenvalue weighted by molar-refractivity contribution is 6.90. The number of aromatic nitrogens is 1. The molecule has 0 amide bonds. The second-order valence-corrected chi connectivity index (χ2v) is 15.8. The number of pyridine rings is 1. The van der Waals surface area contributed by atoms with Crippen molar-refractivity contribution in [2.24, 2.45) is 0 Å². The van der Waals surface area contributed by atoms with E-state index in [1.54, 1.807) is 0 Å². The number of benzene rings is 4. The van der Waals surface area contributed by atoms with E-state index in [0.29, 0.717) is 0 Å². The molecule has 4 aromatic heterocycles. The van der Waals surface area contributed by atoms with Gasteiger partial charge in [-0.1, -0.05) is 68.2 Å². The van der Waals surface area contributed by atoms with E-state index in [1.807, 2.05) is 36.5 Å². The van der Waals surface area contributed by atoms with Crippen molar-refractivity contribution in [1.29, 1.82) is 0 Å². The third-order valence-electron chi connectivity index (χ3n) is 7.47. The minimum atomic E-state index is -1.57.